The molecule has 0 saturated carbocycles. The van der Waals surface area contributed by atoms with Gasteiger partial charge in [-0.1, -0.05) is 11.6 Å². The van der Waals surface area contributed by atoms with Gasteiger partial charge in [0.05, 0.1) is 30.1 Å². The van der Waals surface area contributed by atoms with Crippen molar-refractivity contribution in [1.29, 1.82) is 0 Å². The zero-order valence-corrected chi connectivity index (χ0v) is 16.9. The lowest BCUT2D eigenvalue weighted by Crippen LogP contribution is -2.30. The van der Waals surface area contributed by atoms with E-state index in [1.807, 2.05) is 0 Å². The van der Waals surface area contributed by atoms with E-state index < -0.39 is 12.5 Å². The third-order valence-corrected chi connectivity index (χ3v) is 5.14. The number of aryl methyl sites for hydroxylation is 1. The number of halogens is 1. The SMILES string of the molecule is [2H]C([2H])([2H])c1nn(-c2cc(OCCOC)cc([C@]3(OC)CCOC3)n2)c2cc(Cl)ncc12. The maximum Gasteiger partial charge on any atom is 0.158 e. The Kier molecular flexibility index (Phi) is 4.69. The molecule has 0 unspecified atom stereocenters. The summed E-state index contributed by atoms with van der Waals surface area (Å²) in [4.78, 5) is 8.80. The van der Waals surface area contributed by atoms with Gasteiger partial charge in [-0.2, -0.15) is 5.10 Å². The van der Waals surface area contributed by atoms with Gasteiger partial charge in [0.15, 0.2) is 5.82 Å². The van der Waals surface area contributed by atoms with Crippen LogP contribution in [0.15, 0.2) is 24.4 Å². The number of hydrogen-bond donors (Lipinski definition) is 0. The molecule has 1 aliphatic heterocycles. The predicted octanol–water partition coefficient (Wildman–Crippen LogP) is 3.06. The van der Waals surface area contributed by atoms with Crippen molar-refractivity contribution >= 4 is 22.5 Å². The molecular formula is C20H23ClN4O4. The number of methoxy groups -OCH3 is 2. The maximum absolute atomic E-state index is 7.88. The predicted molar refractivity (Wildman–Crippen MR) is 108 cm³/mol. The van der Waals surface area contributed by atoms with E-state index in [4.69, 9.17) is 39.6 Å². The Balaban J connectivity index is 1.91. The Labute approximate surface area is 177 Å². The third-order valence-electron chi connectivity index (χ3n) is 4.93. The Morgan fingerprint density at radius 1 is 1.31 bits per heavy atom. The molecule has 0 radical (unpaired) electrons. The van der Waals surface area contributed by atoms with Crippen molar-refractivity contribution in [3.63, 3.8) is 0 Å². The average molecular weight is 422 g/mol. The van der Waals surface area contributed by atoms with E-state index in [2.05, 4.69) is 10.1 Å². The second-order valence-corrected chi connectivity index (χ2v) is 7.06. The molecular weight excluding hydrogens is 396 g/mol. The van der Waals surface area contributed by atoms with Crippen LogP contribution in [0.25, 0.3) is 16.7 Å². The van der Waals surface area contributed by atoms with E-state index in [1.165, 1.54) is 10.9 Å². The maximum atomic E-state index is 7.88. The molecule has 1 atom stereocenters. The fraction of sp³-hybridized carbons (Fsp3) is 0.450. The third kappa shape index (κ3) is 3.81. The summed E-state index contributed by atoms with van der Waals surface area (Å²) in [5.41, 5.74) is 0.237. The Morgan fingerprint density at radius 3 is 2.93 bits per heavy atom. The van der Waals surface area contributed by atoms with Gasteiger partial charge in [0.25, 0.3) is 0 Å². The number of hydrogen-bond acceptors (Lipinski definition) is 7. The summed E-state index contributed by atoms with van der Waals surface area (Å²) in [6, 6.07) is 5.04. The average Bonchev–Trinajstić information content (AvgIpc) is 3.39. The minimum Gasteiger partial charge on any atom is -0.491 e. The highest BCUT2D eigenvalue weighted by Gasteiger charge is 2.39. The van der Waals surface area contributed by atoms with Crippen LogP contribution in [0.3, 0.4) is 0 Å². The van der Waals surface area contributed by atoms with Gasteiger partial charge in [-0.3, -0.25) is 0 Å². The molecule has 8 nitrogen and oxygen atoms in total. The quantitative estimate of drug-likeness (QED) is 0.428. The van der Waals surface area contributed by atoms with Crippen molar-refractivity contribution in [2.24, 2.45) is 0 Å². The van der Waals surface area contributed by atoms with Gasteiger partial charge in [-0.15, -0.1) is 0 Å². The molecule has 1 fully saturated rings. The van der Waals surface area contributed by atoms with E-state index in [0.717, 1.165) is 0 Å². The van der Waals surface area contributed by atoms with Crippen LogP contribution in [0.5, 0.6) is 5.75 Å². The van der Waals surface area contributed by atoms with Crippen molar-refractivity contribution in [2.75, 3.05) is 40.6 Å². The summed E-state index contributed by atoms with van der Waals surface area (Å²) in [6.07, 6.45) is 2.03. The van der Waals surface area contributed by atoms with Crippen LogP contribution < -0.4 is 4.74 Å². The fourth-order valence-electron chi connectivity index (χ4n) is 3.33. The molecule has 3 aromatic rings. The molecule has 0 amide bonds. The summed E-state index contributed by atoms with van der Waals surface area (Å²) in [5, 5.41) is 4.95. The fourth-order valence-corrected chi connectivity index (χ4v) is 3.49. The van der Waals surface area contributed by atoms with Crippen LogP contribution in [0.1, 0.15) is 21.9 Å². The van der Waals surface area contributed by atoms with E-state index in [1.54, 1.807) is 32.4 Å². The first kappa shape index (κ1) is 16.5. The van der Waals surface area contributed by atoms with Gasteiger partial charge in [-0.05, 0) is 6.85 Å². The lowest BCUT2D eigenvalue weighted by atomic mass is 9.97. The minimum absolute atomic E-state index is 0.0867. The largest absolute Gasteiger partial charge is 0.491 e. The summed E-state index contributed by atoms with van der Waals surface area (Å²) in [5.74, 6) is 0.880. The van der Waals surface area contributed by atoms with Gasteiger partial charge < -0.3 is 18.9 Å². The normalized spacial score (nSPS) is 21.1. The van der Waals surface area contributed by atoms with Crippen molar-refractivity contribution < 1.29 is 23.1 Å². The lowest BCUT2D eigenvalue weighted by Gasteiger charge is -2.26. The van der Waals surface area contributed by atoms with Crippen LogP contribution in [0, 0.1) is 6.85 Å². The molecule has 0 bridgehead atoms. The summed E-state index contributed by atoms with van der Waals surface area (Å²) in [7, 11) is 3.20. The number of ether oxygens (including phenoxy) is 4. The van der Waals surface area contributed by atoms with Crippen molar-refractivity contribution in [3.8, 4) is 11.6 Å². The van der Waals surface area contributed by atoms with Gasteiger partial charge in [-0.25, -0.2) is 14.6 Å². The molecule has 3 aromatic heterocycles. The first-order valence-corrected chi connectivity index (χ1v) is 9.47. The van der Waals surface area contributed by atoms with E-state index in [-0.39, 0.29) is 10.8 Å². The second kappa shape index (κ2) is 8.23. The minimum atomic E-state index is -2.44. The van der Waals surface area contributed by atoms with Crippen molar-refractivity contribution in [1.82, 2.24) is 19.7 Å². The lowest BCUT2D eigenvalue weighted by molar-refractivity contribution is -0.0248. The second-order valence-electron chi connectivity index (χ2n) is 6.67. The topological polar surface area (TPSA) is 80.5 Å². The monoisotopic (exact) mass is 421 g/mol. The number of fused-ring (bicyclic) bond motifs is 1. The number of pyridine rings is 2. The van der Waals surface area contributed by atoms with E-state index >= 15 is 0 Å². The number of nitrogens with zero attached hydrogens (tertiary/aromatic N) is 4. The number of aromatic nitrogens is 4. The van der Waals surface area contributed by atoms with Crippen LogP contribution >= 0.6 is 11.6 Å². The van der Waals surface area contributed by atoms with E-state index in [9.17, 15) is 0 Å². The highest BCUT2D eigenvalue weighted by Crippen LogP contribution is 2.35. The zero-order valence-electron chi connectivity index (χ0n) is 19.1. The Hall–Kier alpha value is -2.26. The molecule has 0 aliphatic carbocycles. The molecule has 4 heterocycles. The first-order chi connectivity index (χ1) is 15.3. The Morgan fingerprint density at radius 2 is 2.21 bits per heavy atom. The molecule has 9 heteroatoms. The molecule has 29 heavy (non-hydrogen) atoms. The van der Waals surface area contributed by atoms with Gasteiger partial charge in [0, 0.05) is 61.1 Å². The first-order valence-electron chi connectivity index (χ1n) is 10.6. The summed E-state index contributed by atoms with van der Waals surface area (Å²) in [6.45, 7) is -0.837. The van der Waals surface area contributed by atoms with Gasteiger partial charge >= 0.3 is 0 Å². The standard InChI is InChI=1S/C20H23ClN4O4/c1-13-15-11-22-18(21)10-16(15)25(24-13)19-9-14(29-7-6-26-2)8-17(23-19)20(27-3)4-5-28-12-20/h8-11H,4-7,12H2,1-3H3/t20-/m0/s1/i1D3. The van der Waals surface area contributed by atoms with Crippen LogP contribution in [-0.2, 0) is 19.8 Å². The van der Waals surface area contributed by atoms with Crippen LogP contribution in [0.4, 0.5) is 0 Å². The molecule has 4 rings (SSSR count). The molecule has 1 saturated heterocycles. The highest BCUT2D eigenvalue weighted by molar-refractivity contribution is 6.30. The van der Waals surface area contributed by atoms with Gasteiger partial charge in [0.2, 0.25) is 0 Å². The number of rotatable bonds is 7. The molecule has 0 aromatic carbocycles. The van der Waals surface area contributed by atoms with Crippen LogP contribution in [0.2, 0.25) is 5.15 Å². The van der Waals surface area contributed by atoms with Crippen molar-refractivity contribution in [2.45, 2.75) is 18.9 Å². The zero-order chi connectivity index (χ0) is 22.9. The van der Waals surface area contributed by atoms with Crippen LogP contribution in [-0.4, -0.2) is 60.4 Å². The summed E-state index contributed by atoms with van der Waals surface area (Å²) < 4.78 is 47.4. The summed E-state index contributed by atoms with van der Waals surface area (Å²) >= 11 is 6.11. The highest BCUT2D eigenvalue weighted by atomic mass is 35.5. The molecule has 1 aliphatic rings. The smallest absolute Gasteiger partial charge is 0.158 e. The molecule has 0 spiro atoms. The van der Waals surface area contributed by atoms with E-state index in [0.29, 0.717) is 61.0 Å². The van der Waals surface area contributed by atoms with Gasteiger partial charge in [0.1, 0.15) is 23.1 Å². The molecule has 0 N–H and O–H groups in total. The van der Waals surface area contributed by atoms with Crippen molar-refractivity contribution in [3.05, 3.63) is 40.9 Å². The molecule has 154 valence electrons. The Bertz CT molecular complexity index is 1120.